The van der Waals surface area contributed by atoms with Gasteiger partial charge in [0.15, 0.2) is 0 Å². The van der Waals surface area contributed by atoms with E-state index in [9.17, 15) is 0 Å². The molecule has 1 saturated heterocycles. The zero-order chi connectivity index (χ0) is 13.7. The average molecular weight is 325 g/mol. The third kappa shape index (κ3) is 3.96. The smallest absolute Gasteiger partial charge is 0.0423 e. The van der Waals surface area contributed by atoms with Crippen LogP contribution in [0.15, 0.2) is 22.7 Å². The monoisotopic (exact) mass is 324 g/mol. The van der Waals surface area contributed by atoms with Gasteiger partial charge in [0.25, 0.3) is 0 Å². The minimum atomic E-state index is 0.871. The fourth-order valence-corrected chi connectivity index (χ4v) is 3.11. The Hall–Kier alpha value is -0.540. The fraction of sp³-hybridized carbons (Fsp3) is 0.625. The lowest BCUT2D eigenvalue weighted by molar-refractivity contribution is 0.569. The summed E-state index contributed by atoms with van der Waals surface area (Å²) in [4.78, 5) is 2.56. The van der Waals surface area contributed by atoms with E-state index in [0.717, 1.165) is 19.0 Å². The molecule has 2 nitrogen and oxygen atoms in total. The summed E-state index contributed by atoms with van der Waals surface area (Å²) in [6.45, 7) is 9.00. The zero-order valence-electron chi connectivity index (χ0n) is 12.1. The maximum Gasteiger partial charge on any atom is 0.0423 e. The maximum absolute atomic E-state index is 3.61. The molecular formula is C16H25BrN2. The van der Waals surface area contributed by atoms with Crippen molar-refractivity contribution in [2.45, 2.75) is 39.7 Å². The number of halogens is 1. The van der Waals surface area contributed by atoms with Crippen LogP contribution in [0.5, 0.6) is 0 Å². The molecule has 1 fully saturated rings. The van der Waals surface area contributed by atoms with Crippen molar-refractivity contribution < 1.29 is 0 Å². The Kier molecular flexibility index (Phi) is 5.71. The second-order valence-corrected chi connectivity index (χ2v) is 6.37. The first-order chi connectivity index (χ1) is 9.24. The molecule has 1 aliphatic heterocycles. The van der Waals surface area contributed by atoms with Gasteiger partial charge in [-0.2, -0.15) is 0 Å². The Bertz CT molecular complexity index is 406. The Morgan fingerprint density at radius 3 is 2.89 bits per heavy atom. The standard InChI is InChI=1S/C16H25BrN2/c1-3-8-18-11-14-5-6-15(17)10-16(14)19-9-7-13(4-2)12-19/h5-6,10,13,18H,3-4,7-9,11-12H2,1-2H3. The van der Waals surface area contributed by atoms with E-state index in [4.69, 9.17) is 0 Å². The van der Waals surface area contributed by atoms with Crippen LogP contribution < -0.4 is 10.2 Å². The van der Waals surface area contributed by atoms with Gasteiger partial charge in [-0.1, -0.05) is 42.3 Å². The van der Waals surface area contributed by atoms with E-state index >= 15 is 0 Å². The lowest BCUT2D eigenvalue weighted by atomic mass is 10.1. The molecule has 1 aromatic carbocycles. The van der Waals surface area contributed by atoms with Crippen LogP contribution in [-0.2, 0) is 6.54 Å². The van der Waals surface area contributed by atoms with Crippen LogP contribution in [0, 0.1) is 5.92 Å². The van der Waals surface area contributed by atoms with Crippen molar-refractivity contribution in [1.29, 1.82) is 0 Å². The van der Waals surface area contributed by atoms with E-state index in [1.807, 2.05) is 0 Å². The molecule has 1 atom stereocenters. The molecular weight excluding hydrogens is 300 g/mol. The van der Waals surface area contributed by atoms with E-state index in [-0.39, 0.29) is 0 Å². The Morgan fingerprint density at radius 1 is 1.37 bits per heavy atom. The molecule has 0 aromatic heterocycles. The Balaban J connectivity index is 2.11. The molecule has 1 unspecified atom stereocenters. The van der Waals surface area contributed by atoms with Crippen LogP contribution in [0.2, 0.25) is 0 Å². The highest BCUT2D eigenvalue weighted by Crippen LogP contribution is 2.30. The van der Waals surface area contributed by atoms with Crippen molar-refractivity contribution in [3.8, 4) is 0 Å². The van der Waals surface area contributed by atoms with E-state index in [2.05, 4.69) is 58.2 Å². The SMILES string of the molecule is CCCNCc1ccc(Br)cc1N1CCC(CC)C1. The molecule has 1 N–H and O–H groups in total. The van der Waals surface area contributed by atoms with Gasteiger partial charge in [0.1, 0.15) is 0 Å². The van der Waals surface area contributed by atoms with Gasteiger partial charge in [-0.25, -0.2) is 0 Å². The van der Waals surface area contributed by atoms with Crippen molar-refractivity contribution in [2.75, 3.05) is 24.5 Å². The van der Waals surface area contributed by atoms with Gasteiger partial charge in [-0.3, -0.25) is 0 Å². The summed E-state index contributed by atoms with van der Waals surface area (Å²) >= 11 is 3.61. The first kappa shape index (κ1) is 14.9. The number of nitrogens with one attached hydrogen (secondary N) is 1. The van der Waals surface area contributed by atoms with Crippen LogP contribution >= 0.6 is 15.9 Å². The molecule has 1 aromatic rings. The highest BCUT2D eigenvalue weighted by atomic mass is 79.9. The minimum absolute atomic E-state index is 0.871. The van der Waals surface area contributed by atoms with Crippen molar-refractivity contribution in [1.82, 2.24) is 5.32 Å². The predicted octanol–water partition coefficient (Wildman–Crippen LogP) is 4.19. The molecule has 2 rings (SSSR count). The largest absolute Gasteiger partial charge is 0.371 e. The Morgan fingerprint density at radius 2 is 2.21 bits per heavy atom. The molecule has 0 saturated carbocycles. The van der Waals surface area contributed by atoms with E-state index in [0.29, 0.717) is 0 Å². The lowest BCUT2D eigenvalue weighted by Gasteiger charge is -2.23. The Labute approximate surface area is 125 Å². The van der Waals surface area contributed by atoms with Gasteiger partial charge in [0.2, 0.25) is 0 Å². The van der Waals surface area contributed by atoms with Gasteiger partial charge < -0.3 is 10.2 Å². The second kappa shape index (κ2) is 7.30. The lowest BCUT2D eigenvalue weighted by Crippen LogP contribution is -2.23. The summed E-state index contributed by atoms with van der Waals surface area (Å²) in [5.74, 6) is 0.871. The summed E-state index contributed by atoms with van der Waals surface area (Å²) in [6, 6.07) is 6.68. The van der Waals surface area contributed by atoms with Crippen LogP contribution in [0.25, 0.3) is 0 Å². The second-order valence-electron chi connectivity index (χ2n) is 5.46. The van der Waals surface area contributed by atoms with Crippen molar-refractivity contribution in [2.24, 2.45) is 5.92 Å². The predicted molar refractivity (Wildman–Crippen MR) is 86.8 cm³/mol. The maximum atomic E-state index is 3.61. The summed E-state index contributed by atoms with van der Waals surface area (Å²) in [5.41, 5.74) is 2.84. The van der Waals surface area contributed by atoms with Gasteiger partial charge >= 0.3 is 0 Å². The third-order valence-corrected chi connectivity index (χ3v) is 4.49. The highest BCUT2D eigenvalue weighted by Gasteiger charge is 2.22. The van der Waals surface area contributed by atoms with Crippen LogP contribution in [0.4, 0.5) is 5.69 Å². The summed E-state index contributed by atoms with van der Waals surface area (Å²) in [5, 5.41) is 3.52. The minimum Gasteiger partial charge on any atom is -0.371 e. The number of hydrogen-bond acceptors (Lipinski definition) is 2. The normalized spacial score (nSPS) is 19.1. The molecule has 0 spiro atoms. The quantitative estimate of drug-likeness (QED) is 0.789. The molecule has 0 amide bonds. The van der Waals surface area contributed by atoms with Gasteiger partial charge in [0.05, 0.1) is 0 Å². The zero-order valence-corrected chi connectivity index (χ0v) is 13.7. The van der Waals surface area contributed by atoms with Crippen LogP contribution in [0.3, 0.4) is 0 Å². The fourth-order valence-electron chi connectivity index (χ4n) is 2.77. The summed E-state index contributed by atoms with van der Waals surface area (Å²) in [7, 11) is 0. The molecule has 1 heterocycles. The molecule has 106 valence electrons. The van der Waals surface area contributed by atoms with Crippen molar-refractivity contribution in [3.63, 3.8) is 0 Å². The number of benzene rings is 1. The van der Waals surface area contributed by atoms with Gasteiger partial charge in [-0.15, -0.1) is 0 Å². The number of hydrogen-bond donors (Lipinski definition) is 1. The summed E-state index contributed by atoms with van der Waals surface area (Å²) in [6.07, 6.45) is 3.83. The number of rotatable bonds is 6. The number of nitrogens with zero attached hydrogens (tertiary/aromatic N) is 1. The van der Waals surface area contributed by atoms with E-state index in [1.54, 1.807) is 0 Å². The molecule has 0 bridgehead atoms. The van der Waals surface area contributed by atoms with Gasteiger partial charge in [0, 0.05) is 29.8 Å². The first-order valence-corrected chi connectivity index (χ1v) is 8.28. The van der Waals surface area contributed by atoms with E-state index in [1.165, 1.54) is 48.1 Å². The third-order valence-electron chi connectivity index (χ3n) is 3.99. The summed E-state index contributed by atoms with van der Waals surface area (Å²) < 4.78 is 1.18. The van der Waals surface area contributed by atoms with Crippen molar-refractivity contribution in [3.05, 3.63) is 28.2 Å². The van der Waals surface area contributed by atoms with E-state index < -0.39 is 0 Å². The van der Waals surface area contributed by atoms with Gasteiger partial charge in [-0.05, 0) is 43.0 Å². The highest BCUT2D eigenvalue weighted by molar-refractivity contribution is 9.10. The average Bonchev–Trinajstić information content (AvgIpc) is 2.89. The first-order valence-electron chi connectivity index (χ1n) is 7.48. The molecule has 3 heteroatoms. The molecule has 0 aliphatic carbocycles. The topological polar surface area (TPSA) is 15.3 Å². The number of anilines is 1. The molecule has 0 radical (unpaired) electrons. The molecule has 19 heavy (non-hydrogen) atoms. The molecule has 1 aliphatic rings. The van der Waals surface area contributed by atoms with Crippen LogP contribution in [0.1, 0.15) is 38.7 Å². The van der Waals surface area contributed by atoms with Crippen molar-refractivity contribution >= 4 is 21.6 Å². The van der Waals surface area contributed by atoms with Crippen LogP contribution in [-0.4, -0.2) is 19.6 Å².